The van der Waals surface area contributed by atoms with E-state index < -0.39 is 0 Å². The van der Waals surface area contributed by atoms with Gasteiger partial charge in [0.2, 0.25) is 11.1 Å². The van der Waals surface area contributed by atoms with Crippen molar-refractivity contribution < 1.29 is 4.79 Å². The summed E-state index contributed by atoms with van der Waals surface area (Å²) < 4.78 is 1.60. The van der Waals surface area contributed by atoms with Crippen LogP contribution in [0.4, 0.5) is 5.69 Å². The van der Waals surface area contributed by atoms with E-state index in [1.807, 2.05) is 32.0 Å². The summed E-state index contributed by atoms with van der Waals surface area (Å²) >= 11 is 1.23. The molecule has 0 spiro atoms. The van der Waals surface area contributed by atoms with Crippen LogP contribution in [0.25, 0.3) is 5.69 Å². The van der Waals surface area contributed by atoms with Gasteiger partial charge in [-0.2, -0.15) is 9.94 Å². The minimum atomic E-state index is -0.229. The molecule has 1 amide bonds. The van der Waals surface area contributed by atoms with Gasteiger partial charge >= 0.3 is 0 Å². The molecule has 130 valence electrons. The van der Waals surface area contributed by atoms with Crippen LogP contribution in [-0.4, -0.2) is 31.9 Å². The number of tetrazole rings is 1. The molecule has 0 radical (unpaired) electrons. The summed E-state index contributed by atoms with van der Waals surface area (Å²) in [5, 5.41) is 24.0. The molecule has 1 aromatic heterocycles. The third-order valence-electron chi connectivity index (χ3n) is 3.83. The predicted molar refractivity (Wildman–Crippen MR) is 99.1 cm³/mol. The number of nitrogens with zero attached hydrogens (tertiary/aromatic N) is 5. The Hall–Kier alpha value is -3.18. The number of amides is 1. The zero-order valence-electron chi connectivity index (χ0n) is 14.3. The fourth-order valence-corrected chi connectivity index (χ4v) is 2.99. The van der Waals surface area contributed by atoms with Gasteiger partial charge in [0, 0.05) is 0 Å². The van der Waals surface area contributed by atoms with Crippen molar-refractivity contribution in [1.29, 1.82) is 5.26 Å². The second-order valence-corrected chi connectivity index (χ2v) is 6.58. The first-order chi connectivity index (χ1) is 12.6. The van der Waals surface area contributed by atoms with Crippen molar-refractivity contribution >= 4 is 23.4 Å². The number of hydrogen-bond acceptors (Lipinski definition) is 6. The van der Waals surface area contributed by atoms with Crippen LogP contribution >= 0.6 is 11.8 Å². The minimum absolute atomic E-state index is 0.130. The molecule has 0 aliphatic rings. The third kappa shape index (κ3) is 3.90. The van der Waals surface area contributed by atoms with E-state index in [0.717, 1.165) is 11.3 Å². The van der Waals surface area contributed by atoms with Gasteiger partial charge in [-0.15, -0.1) is 5.10 Å². The molecular weight excluding hydrogens is 348 g/mol. The lowest BCUT2D eigenvalue weighted by Gasteiger charge is -2.08. The molecule has 0 saturated carbocycles. The van der Waals surface area contributed by atoms with Gasteiger partial charge in [-0.1, -0.05) is 30.0 Å². The molecule has 0 aliphatic heterocycles. The summed E-state index contributed by atoms with van der Waals surface area (Å²) in [6, 6.07) is 14.9. The Kier molecular flexibility index (Phi) is 5.29. The van der Waals surface area contributed by atoms with E-state index in [2.05, 4.69) is 26.9 Å². The van der Waals surface area contributed by atoms with Crippen molar-refractivity contribution in [1.82, 2.24) is 20.2 Å². The highest BCUT2D eigenvalue weighted by Gasteiger charge is 2.13. The van der Waals surface area contributed by atoms with Gasteiger partial charge in [-0.05, 0) is 59.7 Å². The van der Waals surface area contributed by atoms with Crippen LogP contribution in [0.15, 0.2) is 47.6 Å². The van der Waals surface area contributed by atoms with Gasteiger partial charge in [-0.25, -0.2) is 0 Å². The summed E-state index contributed by atoms with van der Waals surface area (Å²) in [5.41, 5.74) is 4.09. The summed E-state index contributed by atoms with van der Waals surface area (Å²) in [5.74, 6) is -0.0994. The van der Waals surface area contributed by atoms with E-state index in [4.69, 9.17) is 5.26 Å². The maximum Gasteiger partial charge on any atom is 0.234 e. The van der Waals surface area contributed by atoms with Gasteiger partial charge in [0.15, 0.2) is 0 Å². The van der Waals surface area contributed by atoms with Crippen molar-refractivity contribution in [3.63, 3.8) is 0 Å². The highest BCUT2D eigenvalue weighted by atomic mass is 32.2. The SMILES string of the molecule is Cc1ccc(-n2nnnc2SCC(=O)Nc2ccccc2C#N)cc1C. The van der Waals surface area contributed by atoms with Gasteiger partial charge in [0.25, 0.3) is 0 Å². The number of benzene rings is 2. The second-order valence-electron chi connectivity index (χ2n) is 5.64. The van der Waals surface area contributed by atoms with Crippen LogP contribution in [0.3, 0.4) is 0 Å². The predicted octanol–water partition coefficient (Wildman–Crippen LogP) is 2.88. The lowest BCUT2D eigenvalue weighted by molar-refractivity contribution is -0.113. The fraction of sp³-hybridized carbons (Fsp3) is 0.167. The molecule has 1 heterocycles. The first-order valence-electron chi connectivity index (χ1n) is 7.86. The molecule has 3 rings (SSSR count). The minimum Gasteiger partial charge on any atom is -0.324 e. The Morgan fingerprint density at radius 3 is 2.81 bits per heavy atom. The first-order valence-corrected chi connectivity index (χ1v) is 8.85. The summed E-state index contributed by atoms with van der Waals surface area (Å²) in [7, 11) is 0. The fourth-order valence-electron chi connectivity index (χ4n) is 2.29. The number of nitrogens with one attached hydrogen (secondary N) is 1. The standard InChI is InChI=1S/C18H16N6OS/c1-12-7-8-15(9-13(12)2)24-18(21-22-23-24)26-11-17(25)20-16-6-4-3-5-14(16)10-19/h3-9H,11H2,1-2H3,(H,20,25). The van der Waals surface area contributed by atoms with E-state index in [1.54, 1.807) is 28.9 Å². The van der Waals surface area contributed by atoms with Crippen LogP contribution in [-0.2, 0) is 4.79 Å². The summed E-state index contributed by atoms with van der Waals surface area (Å²) in [6.45, 7) is 4.06. The van der Waals surface area contributed by atoms with Crippen molar-refractivity contribution in [3.05, 3.63) is 59.2 Å². The van der Waals surface area contributed by atoms with Crippen molar-refractivity contribution in [2.45, 2.75) is 19.0 Å². The van der Waals surface area contributed by atoms with Gasteiger partial charge < -0.3 is 5.32 Å². The van der Waals surface area contributed by atoms with Gasteiger partial charge in [0.05, 0.1) is 22.7 Å². The normalized spacial score (nSPS) is 10.3. The Bertz CT molecular complexity index is 991. The molecule has 0 saturated heterocycles. The van der Waals surface area contributed by atoms with Crippen LogP contribution in [0.1, 0.15) is 16.7 Å². The zero-order valence-corrected chi connectivity index (χ0v) is 15.1. The maximum absolute atomic E-state index is 12.2. The van der Waals surface area contributed by atoms with Crippen LogP contribution in [0.5, 0.6) is 0 Å². The number of nitriles is 1. The molecule has 8 heteroatoms. The Morgan fingerprint density at radius 1 is 1.23 bits per heavy atom. The Balaban J connectivity index is 1.69. The number of aryl methyl sites for hydroxylation is 2. The molecule has 0 aliphatic carbocycles. The molecular formula is C18H16N6OS. The van der Waals surface area contributed by atoms with Gasteiger partial charge in [-0.3, -0.25) is 4.79 Å². The van der Waals surface area contributed by atoms with E-state index >= 15 is 0 Å². The van der Waals surface area contributed by atoms with Crippen LogP contribution < -0.4 is 5.32 Å². The number of carbonyl (C=O) groups is 1. The average molecular weight is 364 g/mol. The monoisotopic (exact) mass is 364 g/mol. The number of thioether (sulfide) groups is 1. The van der Waals surface area contributed by atoms with E-state index in [9.17, 15) is 4.79 Å². The number of hydrogen-bond donors (Lipinski definition) is 1. The number of para-hydroxylation sites is 1. The quantitative estimate of drug-likeness (QED) is 0.699. The smallest absolute Gasteiger partial charge is 0.234 e. The second kappa shape index (κ2) is 7.80. The van der Waals surface area contributed by atoms with Crippen molar-refractivity contribution in [2.24, 2.45) is 0 Å². The molecule has 0 fully saturated rings. The molecule has 0 unspecified atom stereocenters. The summed E-state index contributed by atoms with van der Waals surface area (Å²) in [6.07, 6.45) is 0. The number of aromatic nitrogens is 4. The first kappa shape index (κ1) is 17.6. The molecule has 1 N–H and O–H groups in total. The van der Waals surface area contributed by atoms with Crippen molar-refractivity contribution in [2.75, 3.05) is 11.1 Å². The maximum atomic E-state index is 12.2. The molecule has 0 bridgehead atoms. The lowest BCUT2D eigenvalue weighted by atomic mass is 10.1. The van der Waals surface area contributed by atoms with Crippen molar-refractivity contribution in [3.8, 4) is 11.8 Å². The number of anilines is 1. The Labute approximate surface area is 155 Å². The van der Waals surface area contributed by atoms with E-state index in [-0.39, 0.29) is 11.7 Å². The largest absolute Gasteiger partial charge is 0.324 e. The Morgan fingerprint density at radius 2 is 2.04 bits per heavy atom. The van der Waals surface area contributed by atoms with Gasteiger partial charge in [0.1, 0.15) is 6.07 Å². The van der Waals surface area contributed by atoms with Crippen LogP contribution in [0.2, 0.25) is 0 Å². The zero-order chi connectivity index (χ0) is 18.5. The number of rotatable bonds is 5. The molecule has 0 atom stereocenters. The highest BCUT2D eigenvalue weighted by Crippen LogP contribution is 2.21. The molecule has 3 aromatic rings. The molecule has 2 aromatic carbocycles. The topological polar surface area (TPSA) is 96.5 Å². The van der Waals surface area contributed by atoms with Crippen LogP contribution in [0, 0.1) is 25.2 Å². The van der Waals surface area contributed by atoms with E-state index in [0.29, 0.717) is 16.4 Å². The summed E-state index contributed by atoms with van der Waals surface area (Å²) in [4.78, 5) is 12.2. The molecule has 7 nitrogen and oxygen atoms in total. The average Bonchev–Trinajstić information content (AvgIpc) is 3.11. The lowest BCUT2D eigenvalue weighted by Crippen LogP contribution is -2.15. The highest BCUT2D eigenvalue weighted by molar-refractivity contribution is 7.99. The number of carbonyl (C=O) groups excluding carboxylic acids is 1. The van der Waals surface area contributed by atoms with E-state index in [1.165, 1.54) is 17.3 Å². The third-order valence-corrected chi connectivity index (χ3v) is 4.75. The molecule has 26 heavy (non-hydrogen) atoms.